The van der Waals surface area contributed by atoms with E-state index in [1.165, 1.54) is 30.5 Å². The second-order valence-electron chi connectivity index (χ2n) is 12.3. The van der Waals surface area contributed by atoms with Crippen LogP contribution in [0.5, 0.6) is 5.75 Å². The quantitative estimate of drug-likeness (QED) is 0.179. The first-order chi connectivity index (χ1) is 21.1. The Hall–Kier alpha value is -4.78. The maximum atomic E-state index is 15.2. The average Bonchev–Trinajstić information content (AvgIpc) is 3.50. The second kappa shape index (κ2) is 13.5. The number of fused-ring (bicyclic) bond motifs is 1. The third-order valence-corrected chi connectivity index (χ3v) is 6.18. The summed E-state index contributed by atoms with van der Waals surface area (Å²) in [4.78, 5) is 55.9. The first-order valence-corrected chi connectivity index (χ1v) is 14.4. The van der Waals surface area contributed by atoms with E-state index < -0.39 is 53.6 Å². The molecule has 0 saturated heterocycles. The molecular formula is C32H37FN4O8. The summed E-state index contributed by atoms with van der Waals surface area (Å²) in [5.41, 5.74) is -0.394. The molecule has 2 heterocycles. The van der Waals surface area contributed by atoms with Crippen molar-refractivity contribution >= 4 is 23.9 Å². The van der Waals surface area contributed by atoms with Crippen molar-refractivity contribution in [2.45, 2.75) is 71.8 Å². The van der Waals surface area contributed by atoms with Crippen molar-refractivity contribution in [1.29, 1.82) is 0 Å². The number of hydrogen-bond acceptors (Lipinski definition) is 9. The van der Waals surface area contributed by atoms with E-state index in [0.717, 1.165) is 6.07 Å². The number of nitrogens with one attached hydrogen (secondary N) is 1. The monoisotopic (exact) mass is 624 g/mol. The van der Waals surface area contributed by atoms with Crippen LogP contribution >= 0.6 is 0 Å². The van der Waals surface area contributed by atoms with Gasteiger partial charge in [-0.05, 0) is 72.2 Å². The molecular weight excluding hydrogens is 587 g/mol. The maximum absolute atomic E-state index is 15.2. The summed E-state index contributed by atoms with van der Waals surface area (Å²) >= 11 is 0. The van der Waals surface area contributed by atoms with E-state index in [1.807, 2.05) is 0 Å². The number of carbonyl (C=O) groups excluding carboxylic acids is 4. The summed E-state index contributed by atoms with van der Waals surface area (Å²) in [7, 11) is 0. The zero-order chi connectivity index (χ0) is 32.9. The fourth-order valence-corrected chi connectivity index (χ4v) is 4.26. The molecule has 1 aromatic heterocycles. The van der Waals surface area contributed by atoms with Gasteiger partial charge in [-0.1, -0.05) is 12.1 Å². The van der Waals surface area contributed by atoms with Gasteiger partial charge in [0.1, 0.15) is 29.4 Å². The Morgan fingerprint density at radius 1 is 0.933 bits per heavy atom. The molecule has 3 amide bonds. The topological polar surface area (TPSA) is 138 Å². The van der Waals surface area contributed by atoms with Crippen LogP contribution in [0.15, 0.2) is 54.9 Å². The number of hydrogen-bond donors (Lipinski definition) is 1. The van der Waals surface area contributed by atoms with E-state index in [0.29, 0.717) is 30.1 Å². The zero-order valence-electron chi connectivity index (χ0n) is 26.1. The Kier molecular flexibility index (Phi) is 9.91. The van der Waals surface area contributed by atoms with Crippen molar-refractivity contribution in [2.24, 2.45) is 0 Å². The lowest BCUT2D eigenvalue weighted by Crippen LogP contribution is -2.43. The van der Waals surface area contributed by atoms with E-state index >= 15 is 4.39 Å². The first kappa shape index (κ1) is 33.1. The van der Waals surface area contributed by atoms with Gasteiger partial charge in [-0.25, -0.2) is 18.8 Å². The fraction of sp³-hybridized carbons (Fsp3) is 0.406. The Balaban J connectivity index is 1.38. The molecule has 1 aliphatic heterocycles. The van der Waals surface area contributed by atoms with Crippen molar-refractivity contribution < 1.29 is 42.6 Å². The molecule has 12 nitrogen and oxygen atoms in total. The lowest BCUT2D eigenvalue weighted by atomic mass is 10.1. The molecule has 1 aliphatic rings. The van der Waals surface area contributed by atoms with Crippen LogP contribution in [0.1, 0.15) is 68.7 Å². The molecule has 2 aromatic carbocycles. The molecule has 0 radical (unpaired) electrons. The maximum Gasteiger partial charge on any atom is 0.407 e. The highest BCUT2D eigenvalue weighted by molar-refractivity contribution is 6.20. The standard InChI is InChI=1S/C32H37FN4O8/c1-31(2,3)43-29(40)26(45-37-27(38)23-10-7-8-11-24(23)28(37)39)19-42-21-12-13-22(25(33)16-21)20-17-35-36(18-20)15-9-14-34-30(41)44-32(4,5)6/h7-8,10-13,16-18,26H,9,14-15,19H2,1-6H3,(H,34,41)/t26-/m0/s1. The number of imide groups is 1. The van der Waals surface area contributed by atoms with Gasteiger partial charge in [0.15, 0.2) is 0 Å². The minimum absolute atomic E-state index is 0.0800. The van der Waals surface area contributed by atoms with Gasteiger partial charge in [0.25, 0.3) is 11.8 Å². The van der Waals surface area contributed by atoms with E-state index in [4.69, 9.17) is 19.0 Å². The highest BCUT2D eigenvalue weighted by Gasteiger charge is 2.40. The van der Waals surface area contributed by atoms with Gasteiger partial charge in [-0.2, -0.15) is 5.10 Å². The predicted molar refractivity (Wildman–Crippen MR) is 160 cm³/mol. The number of esters is 1. The molecule has 0 saturated carbocycles. The lowest BCUT2D eigenvalue weighted by molar-refractivity contribution is -0.193. The zero-order valence-corrected chi connectivity index (χ0v) is 26.1. The Bertz CT molecular complexity index is 1540. The van der Waals surface area contributed by atoms with Gasteiger partial charge >= 0.3 is 12.1 Å². The SMILES string of the molecule is CC(C)(C)OC(=O)NCCCn1cc(-c2ccc(OC[C@H](ON3C(=O)c4ccccc4C3=O)C(=O)OC(C)(C)C)cc2F)cn1. The predicted octanol–water partition coefficient (Wildman–Crippen LogP) is 4.92. The van der Waals surface area contributed by atoms with Crippen LogP contribution in [-0.2, 0) is 25.7 Å². The molecule has 13 heteroatoms. The number of aryl methyl sites for hydroxylation is 1. The van der Waals surface area contributed by atoms with Crippen LogP contribution in [0.3, 0.4) is 0 Å². The molecule has 0 fully saturated rings. The minimum Gasteiger partial charge on any atom is -0.490 e. The van der Waals surface area contributed by atoms with Crippen LogP contribution in [0.2, 0.25) is 0 Å². The van der Waals surface area contributed by atoms with Gasteiger partial charge in [0.2, 0.25) is 6.10 Å². The molecule has 0 aliphatic carbocycles. The van der Waals surface area contributed by atoms with Crippen molar-refractivity contribution in [3.63, 3.8) is 0 Å². The number of hydroxylamine groups is 2. The van der Waals surface area contributed by atoms with E-state index in [9.17, 15) is 19.2 Å². The summed E-state index contributed by atoms with van der Waals surface area (Å²) < 4.78 is 33.1. The van der Waals surface area contributed by atoms with Crippen LogP contribution in [0.25, 0.3) is 11.1 Å². The van der Waals surface area contributed by atoms with Gasteiger partial charge in [0, 0.05) is 36.5 Å². The van der Waals surface area contributed by atoms with Crippen molar-refractivity contribution in [3.05, 3.63) is 71.8 Å². The first-order valence-electron chi connectivity index (χ1n) is 14.4. The number of rotatable bonds is 11. The molecule has 1 N–H and O–H groups in total. The molecule has 45 heavy (non-hydrogen) atoms. The number of carbonyl (C=O) groups is 4. The molecule has 1 atom stereocenters. The lowest BCUT2D eigenvalue weighted by Gasteiger charge is -2.26. The van der Waals surface area contributed by atoms with E-state index in [2.05, 4.69) is 10.4 Å². The number of halogens is 1. The Morgan fingerprint density at radius 3 is 2.18 bits per heavy atom. The number of aromatic nitrogens is 2. The normalized spacial score (nSPS) is 13.8. The Morgan fingerprint density at radius 2 is 1.58 bits per heavy atom. The second-order valence-corrected chi connectivity index (χ2v) is 12.3. The highest BCUT2D eigenvalue weighted by Crippen LogP contribution is 2.27. The van der Waals surface area contributed by atoms with Gasteiger partial charge in [0.05, 0.1) is 17.3 Å². The average molecular weight is 625 g/mol. The minimum atomic E-state index is -1.52. The van der Waals surface area contributed by atoms with Crippen LogP contribution in [-0.4, -0.2) is 69.2 Å². The fourth-order valence-electron chi connectivity index (χ4n) is 4.26. The van der Waals surface area contributed by atoms with Gasteiger partial charge < -0.3 is 19.5 Å². The number of alkyl carbamates (subject to hydrolysis) is 1. The van der Waals surface area contributed by atoms with Crippen LogP contribution in [0, 0.1) is 5.82 Å². The van der Waals surface area contributed by atoms with Crippen LogP contribution in [0.4, 0.5) is 9.18 Å². The summed E-state index contributed by atoms with van der Waals surface area (Å²) in [5, 5.41) is 7.45. The third-order valence-electron chi connectivity index (χ3n) is 6.18. The van der Waals surface area contributed by atoms with Crippen molar-refractivity contribution in [3.8, 4) is 16.9 Å². The summed E-state index contributed by atoms with van der Waals surface area (Å²) in [6.45, 7) is 10.7. The summed E-state index contributed by atoms with van der Waals surface area (Å²) in [6, 6.07) is 10.3. The molecule has 4 rings (SSSR count). The molecule has 3 aromatic rings. The smallest absolute Gasteiger partial charge is 0.407 e. The van der Waals surface area contributed by atoms with E-state index in [-0.39, 0.29) is 22.4 Å². The summed E-state index contributed by atoms with van der Waals surface area (Å²) in [5.74, 6) is -2.84. The molecule has 0 bridgehead atoms. The Labute approximate surface area is 260 Å². The molecule has 0 spiro atoms. The number of nitrogens with zero attached hydrogens (tertiary/aromatic N) is 3. The number of ether oxygens (including phenoxy) is 3. The van der Waals surface area contributed by atoms with Crippen molar-refractivity contribution in [1.82, 2.24) is 20.2 Å². The van der Waals surface area contributed by atoms with Crippen molar-refractivity contribution in [2.75, 3.05) is 13.2 Å². The molecule has 240 valence electrons. The molecule has 0 unspecified atom stereocenters. The number of amides is 3. The summed E-state index contributed by atoms with van der Waals surface area (Å²) in [6.07, 6.45) is 1.77. The number of benzene rings is 2. The third kappa shape index (κ3) is 8.88. The largest absolute Gasteiger partial charge is 0.490 e. The van der Waals surface area contributed by atoms with Crippen LogP contribution < -0.4 is 10.1 Å². The van der Waals surface area contributed by atoms with Gasteiger partial charge in [-0.3, -0.25) is 14.3 Å². The highest BCUT2D eigenvalue weighted by atomic mass is 19.1. The van der Waals surface area contributed by atoms with E-state index in [1.54, 1.807) is 64.6 Å². The van der Waals surface area contributed by atoms with Gasteiger partial charge in [-0.15, -0.1) is 5.06 Å².